The van der Waals surface area contributed by atoms with Gasteiger partial charge in [-0.15, -0.1) is 0 Å². The van der Waals surface area contributed by atoms with Crippen molar-refractivity contribution >= 4 is 29.4 Å². The van der Waals surface area contributed by atoms with Crippen molar-refractivity contribution in [2.75, 3.05) is 38.6 Å². The highest BCUT2D eigenvalue weighted by Gasteiger charge is 2.27. The molecular weight excluding hydrogens is 314 g/mol. The number of hydrogen-bond donors (Lipinski definition) is 1. The number of carbonyl (C=O) groups is 4. The number of piperazine rings is 1. The van der Waals surface area contributed by atoms with Gasteiger partial charge in [-0.25, -0.2) is 4.79 Å². The lowest BCUT2D eigenvalue weighted by molar-refractivity contribution is -0.145. The lowest BCUT2D eigenvalue weighted by Crippen LogP contribution is -2.52. The number of ether oxygens (including phenoxy) is 1. The van der Waals surface area contributed by atoms with Crippen molar-refractivity contribution in [3.63, 3.8) is 0 Å². The van der Waals surface area contributed by atoms with Gasteiger partial charge in [0.15, 0.2) is 0 Å². The van der Waals surface area contributed by atoms with E-state index in [2.05, 4.69) is 10.1 Å². The summed E-state index contributed by atoms with van der Waals surface area (Å²) in [6.07, 6.45) is 0. The first-order valence-electron chi connectivity index (χ1n) is 7.47. The molecule has 0 bridgehead atoms. The van der Waals surface area contributed by atoms with E-state index in [4.69, 9.17) is 0 Å². The molecule has 8 heteroatoms. The van der Waals surface area contributed by atoms with Crippen LogP contribution in [0, 0.1) is 0 Å². The van der Waals surface area contributed by atoms with E-state index >= 15 is 0 Å². The van der Waals surface area contributed by atoms with E-state index in [9.17, 15) is 19.2 Å². The number of amides is 3. The van der Waals surface area contributed by atoms with Crippen LogP contribution in [0.25, 0.3) is 0 Å². The largest absolute Gasteiger partial charge is 0.465 e. The number of esters is 1. The van der Waals surface area contributed by atoms with Crippen LogP contribution in [0.5, 0.6) is 0 Å². The minimum Gasteiger partial charge on any atom is -0.465 e. The Balaban J connectivity index is 2.02. The summed E-state index contributed by atoms with van der Waals surface area (Å²) < 4.78 is 4.65. The number of hydrogen-bond acceptors (Lipinski definition) is 5. The molecule has 1 aromatic rings. The molecule has 0 saturated carbocycles. The number of nitrogens with zero attached hydrogens (tertiary/aromatic N) is 2. The van der Waals surface area contributed by atoms with Crippen LogP contribution >= 0.6 is 0 Å². The summed E-state index contributed by atoms with van der Waals surface area (Å²) in [5.41, 5.74) is 0.382. The van der Waals surface area contributed by atoms with Crippen LogP contribution < -0.4 is 5.32 Å². The van der Waals surface area contributed by atoms with E-state index in [-0.39, 0.29) is 17.2 Å². The SMILES string of the molecule is COC(=O)c1ccccc1NC(=O)C(=O)N1CCN(C(C)=O)CC1. The summed E-state index contributed by atoms with van der Waals surface area (Å²) in [4.78, 5) is 50.3. The molecule has 8 nitrogen and oxygen atoms in total. The molecule has 1 aromatic carbocycles. The van der Waals surface area contributed by atoms with Gasteiger partial charge in [-0.05, 0) is 12.1 Å². The van der Waals surface area contributed by atoms with Gasteiger partial charge in [-0.3, -0.25) is 14.4 Å². The van der Waals surface area contributed by atoms with E-state index in [1.54, 1.807) is 17.0 Å². The first-order chi connectivity index (χ1) is 11.4. The van der Waals surface area contributed by atoms with Gasteiger partial charge in [0.05, 0.1) is 18.4 Å². The average molecular weight is 333 g/mol. The molecular formula is C16H19N3O5. The van der Waals surface area contributed by atoms with Crippen LogP contribution in [0.15, 0.2) is 24.3 Å². The van der Waals surface area contributed by atoms with Gasteiger partial charge in [-0.1, -0.05) is 12.1 Å². The molecule has 1 saturated heterocycles. The molecule has 128 valence electrons. The van der Waals surface area contributed by atoms with Crippen molar-refractivity contribution < 1.29 is 23.9 Å². The summed E-state index contributed by atoms with van der Waals surface area (Å²) in [6.45, 7) is 2.85. The fourth-order valence-corrected chi connectivity index (χ4v) is 2.42. The highest BCUT2D eigenvalue weighted by Crippen LogP contribution is 2.16. The minimum atomic E-state index is -0.831. The molecule has 24 heavy (non-hydrogen) atoms. The fourth-order valence-electron chi connectivity index (χ4n) is 2.42. The molecule has 0 aromatic heterocycles. The van der Waals surface area contributed by atoms with Crippen molar-refractivity contribution in [2.45, 2.75) is 6.92 Å². The topological polar surface area (TPSA) is 96.0 Å². The Kier molecular flexibility index (Phi) is 5.51. The maximum Gasteiger partial charge on any atom is 0.339 e. The molecule has 1 fully saturated rings. The van der Waals surface area contributed by atoms with Gasteiger partial charge >= 0.3 is 17.8 Å². The maximum absolute atomic E-state index is 12.2. The molecule has 2 rings (SSSR count). The lowest BCUT2D eigenvalue weighted by Gasteiger charge is -2.33. The third-order valence-electron chi connectivity index (χ3n) is 3.79. The third-order valence-corrected chi connectivity index (χ3v) is 3.79. The Morgan fingerprint density at radius 3 is 2.17 bits per heavy atom. The molecule has 1 N–H and O–H groups in total. The predicted octanol–water partition coefficient (Wildman–Crippen LogP) is 0.102. The van der Waals surface area contributed by atoms with Crippen molar-refractivity contribution in [3.8, 4) is 0 Å². The summed E-state index contributed by atoms with van der Waals surface area (Å²) >= 11 is 0. The fraction of sp³-hybridized carbons (Fsp3) is 0.375. The zero-order chi connectivity index (χ0) is 17.7. The van der Waals surface area contributed by atoms with Crippen molar-refractivity contribution in [1.82, 2.24) is 9.80 Å². The third kappa shape index (κ3) is 3.89. The molecule has 0 unspecified atom stereocenters. The van der Waals surface area contributed by atoms with Gasteiger partial charge in [0.1, 0.15) is 0 Å². The molecule has 0 aliphatic carbocycles. The second-order valence-corrected chi connectivity index (χ2v) is 5.29. The standard InChI is InChI=1S/C16H19N3O5/c1-11(20)18-7-9-19(10-8-18)15(22)14(21)17-13-6-4-3-5-12(13)16(23)24-2/h3-6H,7-10H2,1-2H3,(H,17,21). The highest BCUT2D eigenvalue weighted by atomic mass is 16.5. The maximum atomic E-state index is 12.2. The molecule has 1 aliphatic heterocycles. The predicted molar refractivity (Wildman–Crippen MR) is 85.2 cm³/mol. The summed E-state index contributed by atoms with van der Waals surface area (Å²) in [5, 5.41) is 2.45. The van der Waals surface area contributed by atoms with E-state index in [1.165, 1.54) is 31.1 Å². The monoisotopic (exact) mass is 333 g/mol. The quantitative estimate of drug-likeness (QED) is 0.612. The molecule has 3 amide bonds. The highest BCUT2D eigenvalue weighted by molar-refractivity contribution is 6.39. The van der Waals surface area contributed by atoms with Crippen LogP contribution in [-0.4, -0.2) is 66.8 Å². The van der Waals surface area contributed by atoms with E-state index in [0.717, 1.165) is 0 Å². The zero-order valence-corrected chi connectivity index (χ0v) is 13.6. The van der Waals surface area contributed by atoms with Gasteiger partial charge in [0.25, 0.3) is 0 Å². The van der Waals surface area contributed by atoms with Crippen LogP contribution in [-0.2, 0) is 19.1 Å². The Hall–Kier alpha value is -2.90. The van der Waals surface area contributed by atoms with Crippen LogP contribution in [0.4, 0.5) is 5.69 Å². The number of rotatable bonds is 2. The number of methoxy groups -OCH3 is 1. The van der Waals surface area contributed by atoms with E-state index in [1.807, 2.05) is 0 Å². The molecule has 1 aliphatic rings. The molecule has 0 spiro atoms. The first kappa shape index (κ1) is 17.5. The Morgan fingerprint density at radius 2 is 1.58 bits per heavy atom. The van der Waals surface area contributed by atoms with Gasteiger partial charge in [-0.2, -0.15) is 0 Å². The van der Waals surface area contributed by atoms with Crippen LogP contribution in [0.3, 0.4) is 0 Å². The van der Waals surface area contributed by atoms with Gasteiger partial charge < -0.3 is 19.9 Å². The molecule has 0 radical (unpaired) electrons. The second kappa shape index (κ2) is 7.58. The number of para-hydroxylation sites is 1. The normalized spacial score (nSPS) is 14.1. The van der Waals surface area contributed by atoms with Crippen molar-refractivity contribution in [2.24, 2.45) is 0 Å². The smallest absolute Gasteiger partial charge is 0.339 e. The van der Waals surface area contributed by atoms with Crippen molar-refractivity contribution in [1.29, 1.82) is 0 Å². The summed E-state index contributed by atoms with van der Waals surface area (Å²) in [5.74, 6) is -2.19. The zero-order valence-electron chi connectivity index (χ0n) is 13.6. The van der Waals surface area contributed by atoms with Crippen LogP contribution in [0.1, 0.15) is 17.3 Å². The molecule has 0 atom stereocenters. The first-order valence-corrected chi connectivity index (χ1v) is 7.47. The Labute approximate surface area is 139 Å². The summed E-state index contributed by atoms with van der Waals surface area (Å²) in [6, 6.07) is 6.28. The molecule has 1 heterocycles. The number of nitrogens with one attached hydrogen (secondary N) is 1. The number of anilines is 1. The van der Waals surface area contributed by atoms with Crippen LogP contribution in [0.2, 0.25) is 0 Å². The van der Waals surface area contributed by atoms with E-state index < -0.39 is 17.8 Å². The van der Waals surface area contributed by atoms with Gasteiger partial charge in [0, 0.05) is 33.1 Å². The van der Waals surface area contributed by atoms with Crippen molar-refractivity contribution in [3.05, 3.63) is 29.8 Å². The summed E-state index contributed by atoms with van der Waals surface area (Å²) in [7, 11) is 1.24. The Bertz CT molecular complexity index is 665. The Morgan fingerprint density at radius 1 is 1.00 bits per heavy atom. The second-order valence-electron chi connectivity index (χ2n) is 5.29. The van der Waals surface area contributed by atoms with Gasteiger partial charge in [0.2, 0.25) is 5.91 Å². The average Bonchev–Trinajstić information content (AvgIpc) is 2.60. The number of carbonyl (C=O) groups excluding carboxylic acids is 4. The number of benzene rings is 1. The van der Waals surface area contributed by atoms with E-state index in [0.29, 0.717) is 26.2 Å². The lowest BCUT2D eigenvalue weighted by atomic mass is 10.1. The minimum absolute atomic E-state index is 0.0569.